The maximum atomic E-state index is 11.7. The summed E-state index contributed by atoms with van der Waals surface area (Å²) in [6.07, 6.45) is 1.58. The van der Waals surface area contributed by atoms with Crippen LogP contribution in [0, 0.1) is 0 Å². The predicted octanol–water partition coefficient (Wildman–Crippen LogP) is 2.29. The maximum absolute atomic E-state index is 11.7. The van der Waals surface area contributed by atoms with E-state index in [0.717, 1.165) is 11.0 Å². The zero-order valence-corrected chi connectivity index (χ0v) is 9.80. The first kappa shape index (κ1) is 10.7. The molecular formula is C13H11N3O2. The van der Waals surface area contributed by atoms with Crippen LogP contribution in [0.15, 0.2) is 30.5 Å². The quantitative estimate of drug-likeness (QED) is 0.699. The van der Waals surface area contributed by atoms with Gasteiger partial charge in [0.1, 0.15) is 11.1 Å². The number of nitrogens with one attached hydrogen (secondary N) is 1. The van der Waals surface area contributed by atoms with Crippen LogP contribution in [0.25, 0.3) is 22.2 Å². The number of carbonyl (C=O) groups is 1. The lowest BCUT2D eigenvalue weighted by Gasteiger charge is -2.00. The summed E-state index contributed by atoms with van der Waals surface area (Å²) in [5.41, 5.74) is 3.12. The van der Waals surface area contributed by atoms with E-state index in [9.17, 15) is 4.79 Å². The van der Waals surface area contributed by atoms with Gasteiger partial charge < -0.3 is 9.72 Å². The molecule has 3 rings (SSSR count). The van der Waals surface area contributed by atoms with E-state index in [0.29, 0.717) is 23.3 Å². The second kappa shape index (κ2) is 4.10. The van der Waals surface area contributed by atoms with Crippen molar-refractivity contribution in [2.45, 2.75) is 6.92 Å². The van der Waals surface area contributed by atoms with Crippen LogP contribution in [-0.4, -0.2) is 27.5 Å². The molecular weight excluding hydrogens is 230 g/mol. The Hall–Kier alpha value is -2.43. The van der Waals surface area contributed by atoms with Gasteiger partial charge in [-0.2, -0.15) is 0 Å². The second-order valence-electron chi connectivity index (χ2n) is 3.83. The van der Waals surface area contributed by atoms with Crippen molar-refractivity contribution in [3.8, 4) is 0 Å². The van der Waals surface area contributed by atoms with Crippen molar-refractivity contribution < 1.29 is 9.53 Å². The third-order valence-electron chi connectivity index (χ3n) is 2.67. The fraction of sp³-hybridized carbons (Fsp3) is 0.154. The number of hydrogen-bond acceptors (Lipinski definition) is 4. The fourth-order valence-electron chi connectivity index (χ4n) is 1.86. The van der Waals surface area contributed by atoms with Crippen molar-refractivity contribution in [3.05, 3.63) is 36.0 Å². The highest BCUT2D eigenvalue weighted by atomic mass is 16.5. The van der Waals surface area contributed by atoms with Crippen molar-refractivity contribution in [1.29, 1.82) is 0 Å². The molecule has 5 nitrogen and oxygen atoms in total. The number of aromatic amines is 1. The third kappa shape index (κ3) is 1.60. The average Bonchev–Trinajstić information content (AvgIpc) is 2.79. The minimum absolute atomic E-state index is 0.340. The molecule has 0 unspecified atom stereocenters. The molecule has 0 bridgehead atoms. The number of benzene rings is 1. The van der Waals surface area contributed by atoms with Crippen molar-refractivity contribution in [3.63, 3.8) is 0 Å². The molecule has 0 spiro atoms. The van der Waals surface area contributed by atoms with Crippen LogP contribution in [0.5, 0.6) is 0 Å². The normalized spacial score (nSPS) is 10.9. The lowest BCUT2D eigenvalue weighted by molar-refractivity contribution is 0.0528. The topological polar surface area (TPSA) is 67.9 Å². The van der Waals surface area contributed by atoms with Crippen LogP contribution in [0.4, 0.5) is 0 Å². The van der Waals surface area contributed by atoms with Crippen molar-refractivity contribution in [2.24, 2.45) is 0 Å². The number of ether oxygens (including phenoxy) is 1. The van der Waals surface area contributed by atoms with Crippen LogP contribution in [0.1, 0.15) is 17.3 Å². The molecule has 90 valence electrons. The summed E-state index contributed by atoms with van der Waals surface area (Å²) in [4.78, 5) is 23.6. The molecule has 0 aliphatic heterocycles. The molecule has 1 N–H and O–H groups in total. The molecule has 3 aromatic rings. The molecule has 1 aromatic carbocycles. The summed E-state index contributed by atoms with van der Waals surface area (Å²) in [6, 6.07) is 7.54. The zero-order chi connectivity index (χ0) is 12.5. The highest BCUT2D eigenvalue weighted by Gasteiger charge is 2.15. The molecule has 0 aliphatic carbocycles. The van der Waals surface area contributed by atoms with Gasteiger partial charge in [-0.15, -0.1) is 0 Å². The number of nitrogens with zero attached hydrogens (tertiary/aromatic N) is 2. The molecule has 0 radical (unpaired) electrons. The molecule has 0 fully saturated rings. The van der Waals surface area contributed by atoms with Gasteiger partial charge in [-0.05, 0) is 19.1 Å². The number of hydrogen-bond donors (Lipinski definition) is 1. The largest absolute Gasteiger partial charge is 0.462 e. The van der Waals surface area contributed by atoms with E-state index >= 15 is 0 Å². The van der Waals surface area contributed by atoms with Crippen LogP contribution in [-0.2, 0) is 4.74 Å². The first-order valence-electron chi connectivity index (χ1n) is 5.70. The maximum Gasteiger partial charge on any atom is 0.341 e. The van der Waals surface area contributed by atoms with E-state index < -0.39 is 0 Å². The van der Waals surface area contributed by atoms with Gasteiger partial charge in [0.2, 0.25) is 0 Å². The van der Waals surface area contributed by atoms with Gasteiger partial charge in [0.15, 0.2) is 5.65 Å². The van der Waals surface area contributed by atoms with Crippen LogP contribution in [0.2, 0.25) is 0 Å². The molecule has 18 heavy (non-hydrogen) atoms. The molecule has 5 heteroatoms. The highest BCUT2D eigenvalue weighted by molar-refractivity contribution is 6.02. The third-order valence-corrected chi connectivity index (χ3v) is 2.67. The monoisotopic (exact) mass is 241 g/mol. The predicted molar refractivity (Wildman–Crippen MR) is 67.4 cm³/mol. The van der Waals surface area contributed by atoms with Gasteiger partial charge in [-0.25, -0.2) is 14.8 Å². The lowest BCUT2D eigenvalue weighted by atomic mass is 10.2. The van der Waals surface area contributed by atoms with E-state index in [-0.39, 0.29) is 5.97 Å². The molecule has 0 aliphatic rings. The van der Waals surface area contributed by atoms with Gasteiger partial charge in [0.05, 0.1) is 17.6 Å². The molecule has 2 heterocycles. The van der Waals surface area contributed by atoms with E-state index in [2.05, 4.69) is 15.0 Å². The number of carbonyl (C=O) groups excluding carboxylic acids is 1. The Morgan fingerprint density at radius 3 is 2.72 bits per heavy atom. The number of para-hydroxylation sites is 2. The molecule has 0 amide bonds. The summed E-state index contributed by atoms with van der Waals surface area (Å²) in [7, 11) is 0. The average molecular weight is 241 g/mol. The van der Waals surface area contributed by atoms with Crippen molar-refractivity contribution >= 4 is 28.2 Å². The Morgan fingerprint density at radius 1 is 1.28 bits per heavy atom. The van der Waals surface area contributed by atoms with E-state index in [4.69, 9.17) is 4.74 Å². The van der Waals surface area contributed by atoms with Gasteiger partial charge in [-0.1, -0.05) is 12.1 Å². The summed E-state index contributed by atoms with van der Waals surface area (Å²) in [6.45, 7) is 2.11. The second-order valence-corrected chi connectivity index (χ2v) is 3.83. The van der Waals surface area contributed by atoms with E-state index in [1.807, 2.05) is 24.3 Å². The summed E-state index contributed by atoms with van der Waals surface area (Å²) >= 11 is 0. The molecule has 2 aromatic heterocycles. The van der Waals surface area contributed by atoms with Gasteiger partial charge >= 0.3 is 5.97 Å². The summed E-state index contributed by atoms with van der Waals surface area (Å²) in [5, 5.41) is 0. The first-order chi connectivity index (χ1) is 8.79. The van der Waals surface area contributed by atoms with E-state index in [1.54, 1.807) is 13.1 Å². The molecule has 0 atom stereocenters. The van der Waals surface area contributed by atoms with Crippen LogP contribution >= 0.6 is 0 Å². The highest BCUT2D eigenvalue weighted by Crippen LogP contribution is 2.19. The Kier molecular flexibility index (Phi) is 2.44. The van der Waals surface area contributed by atoms with Gasteiger partial charge in [-0.3, -0.25) is 0 Å². The van der Waals surface area contributed by atoms with Crippen molar-refractivity contribution in [1.82, 2.24) is 15.0 Å². The number of rotatable bonds is 2. The summed E-state index contributed by atoms with van der Waals surface area (Å²) < 4.78 is 4.98. The number of esters is 1. The standard InChI is InChI=1S/C13H11N3O2/c1-2-18-13(17)8-7-14-12-11(8)15-9-5-3-4-6-10(9)16-12/h3-7H,2H2,1H3,(H,14,16). The molecule has 0 saturated carbocycles. The van der Waals surface area contributed by atoms with Crippen LogP contribution < -0.4 is 0 Å². The Labute approximate surface area is 103 Å². The summed E-state index contributed by atoms with van der Waals surface area (Å²) in [5.74, 6) is -0.381. The molecule has 0 saturated heterocycles. The number of aromatic nitrogens is 3. The Bertz CT molecular complexity index is 733. The Balaban J connectivity index is 2.23. The Morgan fingerprint density at radius 2 is 2.00 bits per heavy atom. The number of fused-ring (bicyclic) bond motifs is 2. The van der Waals surface area contributed by atoms with Crippen molar-refractivity contribution in [2.75, 3.05) is 6.61 Å². The minimum atomic E-state index is -0.381. The minimum Gasteiger partial charge on any atom is -0.462 e. The van der Waals surface area contributed by atoms with Crippen LogP contribution in [0.3, 0.4) is 0 Å². The van der Waals surface area contributed by atoms with Gasteiger partial charge in [0.25, 0.3) is 0 Å². The zero-order valence-electron chi connectivity index (χ0n) is 9.80. The van der Waals surface area contributed by atoms with E-state index in [1.165, 1.54) is 0 Å². The smallest absolute Gasteiger partial charge is 0.341 e. The lowest BCUT2D eigenvalue weighted by Crippen LogP contribution is -2.04. The SMILES string of the molecule is CCOC(=O)c1c[nH]c2nc3ccccc3nc12. The fourth-order valence-corrected chi connectivity index (χ4v) is 1.86. The first-order valence-corrected chi connectivity index (χ1v) is 5.70. The number of H-pyrrole nitrogens is 1. The van der Waals surface area contributed by atoms with Gasteiger partial charge in [0, 0.05) is 6.20 Å².